The van der Waals surface area contributed by atoms with Crippen LogP contribution >= 0.6 is 0 Å². The lowest BCUT2D eigenvalue weighted by molar-refractivity contribution is -0.188. The van der Waals surface area contributed by atoms with E-state index in [-0.39, 0.29) is 57.5 Å². The van der Waals surface area contributed by atoms with Gasteiger partial charge in [0.25, 0.3) is 0 Å². The number of hydrogen-bond acceptors (Lipinski definition) is 5. The van der Waals surface area contributed by atoms with E-state index in [0.717, 1.165) is 25.7 Å². The third-order valence-electron chi connectivity index (χ3n) is 13.1. The lowest BCUT2D eigenvalue weighted by atomic mass is 9.35. The first kappa shape index (κ1) is 34.0. The fraction of sp³-hybridized carbons (Fsp3) is 0.800. The number of fused-ring (bicyclic) bond motifs is 3. The lowest BCUT2D eigenvalue weighted by Crippen LogP contribution is -2.64. The number of Topliss-reactive ketones (excluding diaryl/α,β-unsaturated/α-hetero) is 2. The molecular formula is C35H55N3O4. The van der Waals surface area contributed by atoms with Crippen molar-refractivity contribution in [1.82, 2.24) is 10.9 Å². The predicted molar refractivity (Wildman–Crippen MR) is 164 cm³/mol. The standard InChI is InChI=1S/C35H55N3O4/c1-12-30(4,5)15-16-32(8,29(42)38-37-23(3)39)17-18-34(10)22(2)25(40)19-27-33(9)20-24(21-36)28(41)31(6,7)26(33)13-14-35(27,34)11/h20,22,26-27H,12-19H2,1-11H3,(H,37,39)(H,38,42)/t22?,26-,27+,32-,33-,34+,35+/m0/s1. The number of nitrogens with zero attached hydrogens (tertiary/aromatic N) is 1. The summed E-state index contributed by atoms with van der Waals surface area (Å²) in [5.41, 5.74) is 2.91. The highest BCUT2D eigenvalue weighted by molar-refractivity contribution is 6.04. The zero-order chi connectivity index (χ0) is 32.1. The van der Waals surface area contributed by atoms with Gasteiger partial charge in [0.2, 0.25) is 11.8 Å². The van der Waals surface area contributed by atoms with Gasteiger partial charge >= 0.3 is 0 Å². The minimum Gasteiger partial charge on any atom is -0.299 e. The van der Waals surface area contributed by atoms with E-state index in [1.807, 2.05) is 26.8 Å². The van der Waals surface area contributed by atoms with Crippen LogP contribution < -0.4 is 10.9 Å². The summed E-state index contributed by atoms with van der Waals surface area (Å²) in [6, 6.07) is 2.18. The van der Waals surface area contributed by atoms with Crippen LogP contribution in [0, 0.1) is 61.6 Å². The van der Waals surface area contributed by atoms with Crippen LogP contribution in [-0.4, -0.2) is 23.4 Å². The largest absolute Gasteiger partial charge is 0.299 e. The van der Waals surface area contributed by atoms with E-state index in [4.69, 9.17) is 0 Å². The topological polar surface area (TPSA) is 116 Å². The van der Waals surface area contributed by atoms with Gasteiger partial charge in [-0.2, -0.15) is 5.26 Å². The third kappa shape index (κ3) is 5.48. The van der Waals surface area contributed by atoms with E-state index in [9.17, 15) is 24.4 Å². The summed E-state index contributed by atoms with van der Waals surface area (Å²) in [4.78, 5) is 52.3. The average Bonchev–Trinajstić information content (AvgIpc) is 2.92. The molecule has 3 rings (SSSR count). The first-order chi connectivity index (χ1) is 19.1. The molecule has 2 fully saturated rings. The third-order valence-corrected chi connectivity index (χ3v) is 13.1. The van der Waals surface area contributed by atoms with Gasteiger partial charge in [-0.05, 0) is 72.0 Å². The summed E-state index contributed by atoms with van der Waals surface area (Å²) in [6.45, 7) is 22.7. The molecule has 234 valence electrons. The van der Waals surface area contributed by atoms with Crippen LogP contribution in [0.3, 0.4) is 0 Å². The summed E-state index contributed by atoms with van der Waals surface area (Å²) < 4.78 is 0. The summed E-state index contributed by atoms with van der Waals surface area (Å²) >= 11 is 0. The first-order valence-electron chi connectivity index (χ1n) is 15.9. The van der Waals surface area contributed by atoms with Crippen molar-refractivity contribution >= 4 is 23.4 Å². The van der Waals surface area contributed by atoms with Crippen molar-refractivity contribution in [1.29, 1.82) is 5.26 Å². The Morgan fingerprint density at radius 1 is 1.02 bits per heavy atom. The smallest absolute Gasteiger partial charge is 0.244 e. The minimum atomic E-state index is -0.738. The Morgan fingerprint density at radius 2 is 1.64 bits per heavy atom. The van der Waals surface area contributed by atoms with Crippen molar-refractivity contribution in [2.24, 2.45) is 50.2 Å². The molecular weight excluding hydrogens is 526 g/mol. The Labute approximate surface area is 254 Å². The zero-order valence-electron chi connectivity index (χ0n) is 28.0. The molecule has 0 aromatic rings. The predicted octanol–water partition coefficient (Wildman–Crippen LogP) is 6.87. The SMILES string of the molecule is CCC(C)(C)CC[C@@](C)(CC[C@]1(C)C(C)C(=O)C[C@@H]2[C@@]3(C)C=C(C#N)C(=O)C(C)(C)[C@@H]3CC[C@]21C)C(=O)NNC(C)=O. The van der Waals surface area contributed by atoms with E-state index in [1.54, 1.807) is 0 Å². The van der Waals surface area contributed by atoms with Crippen molar-refractivity contribution in [3.05, 3.63) is 11.6 Å². The summed E-state index contributed by atoms with van der Waals surface area (Å²) in [7, 11) is 0. The second kappa shape index (κ2) is 11.2. The molecule has 0 bridgehead atoms. The number of hydrogen-bond donors (Lipinski definition) is 2. The van der Waals surface area contributed by atoms with Crippen molar-refractivity contribution in [2.45, 2.75) is 128 Å². The maximum Gasteiger partial charge on any atom is 0.244 e. The van der Waals surface area contributed by atoms with E-state index in [2.05, 4.69) is 65.4 Å². The normalized spacial score (nSPS) is 35.6. The van der Waals surface area contributed by atoms with Gasteiger partial charge in [-0.3, -0.25) is 30.0 Å². The fourth-order valence-corrected chi connectivity index (χ4v) is 9.00. The van der Waals surface area contributed by atoms with Gasteiger partial charge in [0.1, 0.15) is 11.9 Å². The Morgan fingerprint density at radius 3 is 2.19 bits per heavy atom. The summed E-state index contributed by atoms with van der Waals surface area (Å²) in [5.74, 6) is -0.557. The molecule has 2 N–H and O–H groups in total. The molecule has 7 nitrogen and oxygen atoms in total. The molecule has 0 heterocycles. The van der Waals surface area contributed by atoms with Crippen LogP contribution in [0.25, 0.3) is 0 Å². The van der Waals surface area contributed by atoms with Crippen LogP contribution in [0.5, 0.6) is 0 Å². The Balaban J connectivity index is 2.04. The molecule has 2 saturated carbocycles. The van der Waals surface area contributed by atoms with Crippen LogP contribution in [0.1, 0.15) is 128 Å². The van der Waals surface area contributed by atoms with Crippen molar-refractivity contribution in [2.75, 3.05) is 0 Å². The molecule has 3 aliphatic carbocycles. The molecule has 0 radical (unpaired) electrons. The Hall–Kier alpha value is -2.49. The van der Waals surface area contributed by atoms with Crippen molar-refractivity contribution in [3.63, 3.8) is 0 Å². The lowest BCUT2D eigenvalue weighted by Gasteiger charge is -2.68. The summed E-state index contributed by atoms with van der Waals surface area (Å²) in [6.07, 6.45) is 7.87. The second-order valence-electron chi connectivity index (χ2n) is 16.2. The van der Waals surface area contributed by atoms with Crippen LogP contribution in [-0.2, 0) is 19.2 Å². The van der Waals surface area contributed by atoms with Gasteiger partial charge in [0, 0.05) is 30.1 Å². The Kier molecular flexibility index (Phi) is 9.08. The van der Waals surface area contributed by atoms with Gasteiger partial charge in [-0.15, -0.1) is 0 Å². The average molecular weight is 582 g/mol. The zero-order valence-corrected chi connectivity index (χ0v) is 28.0. The van der Waals surface area contributed by atoms with E-state index >= 15 is 0 Å². The van der Waals surface area contributed by atoms with Gasteiger partial charge in [-0.25, -0.2) is 0 Å². The molecule has 0 saturated heterocycles. The van der Waals surface area contributed by atoms with E-state index < -0.39 is 21.7 Å². The van der Waals surface area contributed by atoms with E-state index in [0.29, 0.717) is 25.7 Å². The molecule has 1 unspecified atom stereocenters. The number of carbonyl (C=O) groups is 4. The van der Waals surface area contributed by atoms with Gasteiger partial charge in [0.15, 0.2) is 5.78 Å². The highest BCUT2D eigenvalue weighted by Gasteiger charge is 2.67. The van der Waals surface area contributed by atoms with Crippen LogP contribution in [0.2, 0.25) is 0 Å². The van der Waals surface area contributed by atoms with Gasteiger partial charge in [-0.1, -0.05) is 81.7 Å². The number of allylic oxidation sites excluding steroid dienone is 2. The molecule has 0 spiro atoms. The molecule has 2 amide bonds. The summed E-state index contributed by atoms with van der Waals surface area (Å²) in [5, 5.41) is 9.91. The number of nitrogens with one attached hydrogen (secondary N) is 2. The number of carbonyl (C=O) groups excluding carboxylic acids is 4. The number of amides is 2. The number of nitriles is 1. The molecule has 7 heteroatoms. The van der Waals surface area contributed by atoms with Crippen molar-refractivity contribution in [3.8, 4) is 6.07 Å². The maximum absolute atomic E-state index is 13.9. The Bertz CT molecular complexity index is 1210. The molecule has 7 atom stereocenters. The highest BCUT2D eigenvalue weighted by Crippen LogP contribution is 2.71. The molecule has 0 aromatic heterocycles. The quantitative estimate of drug-likeness (QED) is 0.304. The molecule has 0 aliphatic heterocycles. The first-order valence-corrected chi connectivity index (χ1v) is 15.9. The number of ketones is 2. The fourth-order valence-electron chi connectivity index (χ4n) is 9.00. The molecule has 3 aliphatic rings. The highest BCUT2D eigenvalue weighted by atomic mass is 16.2. The van der Waals surface area contributed by atoms with E-state index in [1.165, 1.54) is 6.92 Å². The van der Waals surface area contributed by atoms with Gasteiger partial charge in [0.05, 0.1) is 5.57 Å². The number of hydrazine groups is 1. The van der Waals surface area contributed by atoms with Crippen molar-refractivity contribution < 1.29 is 19.2 Å². The monoisotopic (exact) mass is 581 g/mol. The molecule has 42 heavy (non-hydrogen) atoms. The maximum atomic E-state index is 13.9. The number of rotatable bonds is 8. The molecule has 0 aromatic carbocycles. The van der Waals surface area contributed by atoms with Crippen LogP contribution in [0.15, 0.2) is 11.6 Å². The van der Waals surface area contributed by atoms with Crippen LogP contribution in [0.4, 0.5) is 0 Å². The minimum absolute atomic E-state index is 0.0216. The second-order valence-corrected chi connectivity index (χ2v) is 16.2. The van der Waals surface area contributed by atoms with Gasteiger partial charge < -0.3 is 0 Å².